The van der Waals surface area contributed by atoms with E-state index < -0.39 is 11.4 Å². The van der Waals surface area contributed by atoms with Crippen LogP contribution in [0.25, 0.3) is 0 Å². The van der Waals surface area contributed by atoms with Gasteiger partial charge in [0.2, 0.25) is 0 Å². The third kappa shape index (κ3) is 3.20. The number of ether oxygens (including phenoxy) is 1. The van der Waals surface area contributed by atoms with Gasteiger partial charge in [0.05, 0.1) is 5.41 Å². The van der Waals surface area contributed by atoms with Gasteiger partial charge in [-0.05, 0) is 19.3 Å². The molecule has 0 amide bonds. The number of nitrogens with zero attached hydrogens (tertiary/aromatic N) is 2. The van der Waals surface area contributed by atoms with Crippen molar-refractivity contribution in [1.29, 1.82) is 0 Å². The first kappa shape index (κ1) is 13.7. The fourth-order valence-electron chi connectivity index (χ4n) is 2.18. The van der Waals surface area contributed by atoms with Crippen molar-refractivity contribution in [2.45, 2.75) is 26.2 Å². The number of hydrogen-bond donors (Lipinski definition) is 2. The smallest absolute Gasteiger partial charge is 0.311 e. The molecule has 1 aromatic heterocycles. The number of aryl methyl sites for hydroxylation is 1. The van der Waals surface area contributed by atoms with Crippen LogP contribution in [0, 0.1) is 5.41 Å². The number of anilines is 1. The minimum absolute atomic E-state index is 0.367. The number of carbonyl (C=O) groups is 1. The quantitative estimate of drug-likeness (QED) is 0.835. The molecular weight excluding hydrogens is 246 g/mol. The van der Waals surface area contributed by atoms with Gasteiger partial charge in [-0.2, -0.15) is 0 Å². The average molecular weight is 265 g/mol. The second-order valence-corrected chi connectivity index (χ2v) is 4.80. The van der Waals surface area contributed by atoms with Crippen molar-refractivity contribution in [2.75, 3.05) is 25.1 Å². The lowest BCUT2D eigenvalue weighted by molar-refractivity contribution is -0.153. The van der Waals surface area contributed by atoms with E-state index in [0.29, 0.717) is 38.4 Å². The van der Waals surface area contributed by atoms with Crippen molar-refractivity contribution >= 4 is 11.8 Å². The Kier molecular flexibility index (Phi) is 4.31. The molecule has 0 atom stereocenters. The van der Waals surface area contributed by atoms with E-state index in [1.54, 1.807) is 0 Å². The fourth-order valence-corrected chi connectivity index (χ4v) is 2.18. The standard InChI is InChI=1S/C13H19N3O3/c1-2-10-7-11(16-9-15-10)14-8-13(12(17)18)3-5-19-6-4-13/h7,9H,2-6,8H2,1H3,(H,17,18)(H,14,15,16). The van der Waals surface area contributed by atoms with Gasteiger partial charge in [-0.25, -0.2) is 9.97 Å². The number of aliphatic carboxylic acids is 1. The SMILES string of the molecule is CCc1cc(NCC2(C(=O)O)CCOCC2)ncn1. The Morgan fingerprint density at radius 3 is 2.84 bits per heavy atom. The Hall–Kier alpha value is -1.69. The molecule has 6 nitrogen and oxygen atoms in total. The van der Waals surface area contributed by atoms with Crippen LogP contribution in [0.5, 0.6) is 0 Å². The largest absolute Gasteiger partial charge is 0.481 e. The Bertz CT molecular complexity index is 445. The van der Waals surface area contributed by atoms with Crippen LogP contribution >= 0.6 is 0 Å². The molecule has 19 heavy (non-hydrogen) atoms. The molecule has 1 aliphatic heterocycles. The highest BCUT2D eigenvalue weighted by Crippen LogP contribution is 2.31. The van der Waals surface area contributed by atoms with Gasteiger partial charge in [0.25, 0.3) is 0 Å². The molecular formula is C13H19N3O3. The second kappa shape index (κ2) is 5.97. The Balaban J connectivity index is 2.04. The molecule has 2 N–H and O–H groups in total. The average Bonchev–Trinajstić information content (AvgIpc) is 2.46. The molecule has 6 heteroatoms. The predicted octanol–water partition coefficient (Wildman–Crippen LogP) is 1.33. The van der Waals surface area contributed by atoms with Crippen LogP contribution in [0.4, 0.5) is 5.82 Å². The first-order chi connectivity index (χ1) is 9.16. The van der Waals surface area contributed by atoms with Crippen molar-refractivity contribution in [1.82, 2.24) is 9.97 Å². The lowest BCUT2D eigenvalue weighted by Crippen LogP contribution is -2.42. The number of nitrogens with one attached hydrogen (secondary N) is 1. The van der Waals surface area contributed by atoms with Crippen LogP contribution in [0.2, 0.25) is 0 Å². The molecule has 0 aliphatic carbocycles. The molecule has 1 aromatic rings. The summed E-state index contributed by atoms with van der Waals surface area (Å²) in [5.41, 5.74) is 0.184. The number of aromatic nitrogens is 2. The maximum Gasteiger partial charge on any atom is 0.311 e. The van der Waals surface area contributed by atoms with E-state index in [4.69, 9.17) is 4.74 Å². The summed E-state index contributed by atoms with van der Waals surface area (Å²) in [6.45, 7) is 3.38. The molecule has 0 saturated carbocycles. The molecule has 1 saturated heterocycles. The summed E-state index contributed by atoms with van der Waals surface area (Å²) in [6.07, 6.45) is 3.38. The topological polar surface area (TPSA) is 84.3 Å². The van der Waals surface area contributed by atoms with Crippen molar-refractivity contribution in [3.63, 3.8) is 0 Å². The number of hydrogen-bond acceptors (Lipinski definition) is 5. The number of carboxylic acid groups (broad SMARTS) is 1. The van der Waals surface area contributed by atoms with Gasteiger partial charge in [-0.3, -0.25) is 4.79 Å². The molecule has 0 bridgehead atoms. The Morgan fingerprint density at radius 2 is 2.21 bits per heavy atom. The van der Waals surface area contributed by atoms with Gasteiger partial charge < -0.3 is 15.2 Å². The zero-order chi connectivity index (χ0) is 13.7. The molecule has 1 aliphatic rings. The normalized spacial score (nSPS) is 17.9. The number of rotatable bonds is 5. The molecule has 0 unspecified atom stereocenters. The van der Waals surface area contributed by atoms with E-state index in [0.717, 1.165) is 12.1 Å². The summed E-state index contributed by atoms with van der Waals surface area (Å²) >= 11 is 0. The zero-order valence-electron chi connectivity index (χ0n) is 11.1. The first-order valence-corrected chi connectivity index (χ1v) is 6.52. The molecule has 1 fully saturated rings. The van der Waals surface area contributed by atoms with Crippen molar-refractivity contribution in [3.05, 3.63) is 18.1 Å². The summed E-state index contributed by atoms with van der Waals surface area (Å²) in [5.74, 6) is -0.0907. The summed E-state index contributed by atoms with van der Waals surface area (Å²) < 4.78 is 5.25. The van der Waals surface area contributed by atoms with E-state index in [2.05, 4.69) is 15.3 Å². The van der Waals surface area contributed by atoms with Crippen LogP contribution in [-0.2, 0) is 16.0 Å². The number of carboxylic acids is 1. The van der Waals surface area contributed by atoms with E-state index in [-0.39, 0.29) is 0 Å². The predicted molar refractivity (Wildman–Crippen MR) is 70.0 cm³/mol. The summed E-state index contributed by atoms with van der Waals surface area (Å²) in [6, 6.07) is 1.86. The maximum absolute atomic E-state index is 11.5. The van der Waals surface area contributed by atoms with Crippen molar-refractivity contribution in [3.8, 4) is 0 Å². The minimum Gasteiger partial charge on any atom is -0.481 e. The summed E-state index contributed by atoms with van der Waals surface area (Å²) in [7, 11) is 0. The van der Waals surface area contributed by atoms with Crippen LogP contribution < -0.4 is 5.32 Å². The van der Waals surface area contributed by atoms with Gasteiger partial charge in [0.15, 0.2) is 0 Å². The first-order valence-electron chi connectivity index (χ1n) is 6.52. The second-order valence-electron chi connectivity index (χ2n) is 4.80. The lowest BCUT2D eigenvalue weighted by Gasteiger charge is -2.33. The molecule has 2 heterocycles. The highest BCUT2D eigenvalue weighted by Gasteiger charge is 2.40. The van der Waals surface area contributed by atoms with Gasteiger partial charge in [-0.15, -0.1) is 0 Å². The maximum atomic E-state index is 11.5. The molecule has 0 aromatic carbocycles. The minimum atomic E-state index is -0.770. The van der Waals surface area contributed by atoms with Gasteiger partial charge in [0, 0.05) is 31.5 Å². The monoisotopic (exact) mass is 265 g/mol. The van der Waals surface area contributed by atoms with E-state index in [1.165, 1.54) is 6.33 Å². The Morgan fingerprint density at radius 1 is 1.47 bits per heavy atom. The summed E-state index contributed by atoms with van der Waals surface area (Å²) in [5, 5.41) is 12.6. The molecule has 0 spiro atoms. The highest BCUT2D eigenvalue weighted by molar-refractivity contribution is 5.75. The van der Waals surface area contributed by atoms with E-state index in [9.17, 15) is 9.90 Å². The van der Waals surface area contributed by atoms with Crippen LogP contribution in [0.3, 0.4) is 0 Å². The summed E-state index contributed by atoms with van der Waals surface area (Å²) in [4.78, 5) is 19.7. The third-order valence-corrected chi connectivity index (χ3v) is 3.60. The Labute approximate surface area is 112 Å². The van der Waals surface area contributed by atoms with Crippen LogP contribution in [0.15, 0.2) is 12.4 Å². The van der Waals surface area contributed by atoms with Gasteiger partial charge in [0.1, 0.15) is 12.1 Å². The van der Waals surface area contributed by atoms with Crippen molar-refractivity contribution < 1.29 is 14.6 Å². The molecule has 104 valence electrons. The lowest BCUT2D eigenvalue weighted by atomic mass is 9.80. The van der Waals surface area contributed by atoms with Crippen LogP contribution in [0.1, 0.15) is 25.5 Å². The van der Waals surface area contributed by atoms with Gasteiger partial charge in [-0.1, -0.05) is 6.92 Å². The van der Waals surface area contributed by atoms with Gasteiger partial charge >= 0.3 is 5.97 Å². The van der Waals surface area contributed by atoms with E-state index >= 15 is 0 Å². The highest BCUT2D eigenvalue weighted by atomic mass is 16.5. The van der Waals surface area contributed by atoms with Crippen LogP contribution in [-0.4, -0.2) is 40.8 Å². The molecule has 2 rings (SSSR count). The zero-order valence-corrected chi connectivity index (χ0v) is 11.1. The molecule has 0 radical (unpaired) electrons. The van der Waals surface area contributed by atoms with E-state index in [1.807, 2.05) is 13.0 Å². The fraction of sp³-hybridized carbons (Fsp3) is 0.615. The van der Waals surface area contributed by atoms with Crippen molar-refractivity contribution in [2.24, 2.45) is 5.41 Å². The third-order valence-electron chi connectivity index (χ3n) is 3.60.